The monoisotopic (exact) mass is 442 g/mol. The number of benzene rings is 2. The molecule has 166 valence electrons. The molecule has 2 aromatic rings. The number of amides is 1. The van der Waals surface area contributed by atoms with E-state index >= 15 is 0 Å². The molecule has 1 spiro atoms. The lowest BCUT2D eigenvalue weighted by atomic mass is 9.64. The fourth-order valence-corrected chi connectivity index (χ4v) is 5.47. The zero-order chi connectivity index (χ0) is 21.4. The van der Waals surface area contributed by atoms with Gasteiger partial charge in [-0.25, -0.2) is 4.79 Å². The van der Waals surface area contributed by atoms with Gasteiger partial charge >= 0.3 is 5.97 Å². The molecule has 1 amide bonds. The van der Waals surface area contributed by atoms with Crippen molar-refractivity contribution >= 4 is 24.3 Å². The summed E-state index contributed by atoms with van der Waals surface area (Å²) in [5.41, 5.74) is 2.35. The Hall–Kier alpha value is -2.37. The first-order valence-electron chi connectivity index (χ1n) is 10.7. The number of carbonyl (C=O) groups excluding carboxylic acids is 1. The molecule has 1 saturated carbocycles. The van der Waals surface area contributed by atoms with Gasteiger partial charge in [-0.05, 0) is 62.4 Å². The second-order valence-corrected chi connectivity index (χ2v) is 9.18. The van der Waals surface area contributed by atoms with Crippen LogP contribution in [0.4, 0.5) is 0 Å². The largest absolute Gasteiger partial charge is 0.478 e. The number of carboxylic acids is 1. The first-order chi connectivity index (χ1) is 14.4. The van der Waals surface area contributed by atoms with Crippen LogP contribution in [0, 0.1) is 5.41 Å². The predicted molar refractivity (Wildman–Crippen MR) is 123 cm³/mol. The fraction of sp³-hybridized carbons (Fsp3) is 0.440. The zero-order valence-electron chi connectivity index (χ0n) is 18.2. The molecule has 0 bridgehead atoms. The first kappa shape index (κ1) is 23.3. The lowest BCUT2D eigenvalue weighted by Crippen LogP contribution is -2.47. The van der Waals surface area contributed by atoms with Crippen molar-refractivity contribution in [1.29, 1.82) is 0 Å². The predicted octanol–water partition coefficient (Wildman–Crippen LogP) is 4.56. The second kappa shape index (κ2) is 9.01. The van der Waals surface area contributed by atoms with Crippen molar-refractivity contribution in [1.82, 2.24) is 9.80 Å². The van der Waals surface area contributed by atoms with Crippen LogP contribution in [0.25, 0.3) is 0 Å². The molecule has 0 radical (unpaired) electrons. The summed E-state index contributed by atoms with van der Waals surface area (Å²) in [4.78, 5) is 28.6. The standard InChI is InChI=1S/C25H30N2O3.ClH/c1-26(2)25(20-9-4-3-5-10-20)14-12-24(13-15-25)16-22(28)27(18-24)17-19-8-6-7-11-21(19)23(29)30;/h3-11H,12-18H2,1-2H3,(H,29,30);1H/t24-,25+;. The van der Waals surface area contributed by atoms with Crippen LogP contribution < -0.4 is 0 Å². The highest BCUT2D eigenvalue weighted by molar-refractivity contribution is 5.89. The summed E-state index contributed by atoms with van der Waals surface area (Å²) in [5.74, 6) is -0.796. The zero-order valence-corrected chi connectivity index (χ0v) is 19.0. The third-order valence-electron chi connectivity index (χ3n) is 7.32. The number of hydrogen-bond acceptors (Lipinski definition) is 3. The molecule has 1 aliphatic carbocycles. The van der Waals surface area contributed by atoms with Gasteiger partial charge < -0.3 is 10.0 Å². The van der Waals surface area contributed by atoms with E-state index in [9.17, 15) is 14.7 Å². The van der Waals surface area contributed by atoms with Gasteiger partial charge in [0.25, 0.3) is 0 Å². The highest BCUT2D eigenvalue weighted by Crippen LogP contribution is 2.52. The molecule has 2 aromatic carbocycles. The number of likely N-dealkylation sites (tertiary alicyclic amines) is 1. The van der Waals surface area contributed by atoms with Crippen LogP contribution >= 0.6 is 12.4 Å². The van der Waals surface area contributed by atoms with E-state index in [4.69, 9.17) is 0 Å². The SMILES string of the molecule is CN(C)[C@]1(c2ccccc2)CC[C@]2(CC1)CC(=O)N(Cc1ccccc1C(=O)O)C2.Cl. The van der Waals surface area contributed by atoms with Gasteiger partial charge in [0, 0.05) is 25.0 Å². The summed E-state index contributed by atoms with van der Waals surface area (Å²) in [6.07, 6.45) is 4.63. The highest BCUT2D eigenvalue weighted by atomic mass is 35.5. The molecule has 0 unspecified atom stereocenters. The second-order valence-electron chi connectivity index (χ2n) is 9.18. The molecule has 5 nitrogen and oxygen atoms in total. The van der Waals surface area contributed by atoms with Gasteiger partial charge in [0.05, 0.1) is 5.56 Å². The molecule has 0 aromatic heterocycles. The lowest BCUT2D eigenvalue weighted by Gasteiger charge is -2.48. The van der Waals surface area contributed by atoms with Crippen LogP contribution in [0.5, 0.6) is 0 Å². The Morgan fingerprint density at radius 3 is 2.23 bits per heavy atom. The summed E-state index contributed by atoms with van der Waals surface area (Å²) in [7, 11) is 4.31. The quantitative estimate of drug-likeness (QED) is 0.737. The Labute approximate surface area is 190 Å². The molecule has 1 heterocycles. The van der Waals surface area contributed by atoms with E-state index in [0.29, 0.717) is 18.5 Å². The number of hydrogen-bond donors (Lipinski definition) is 1. The molecule has 1 saturated heterocycles. The molecule has 2 fully saturated rings. The van der Waals surface area contributed by atoms with Crippen LogP contribution in [-0.2, 0) is 16.9 Å². The van der Waals surface area contributed by atoms with Crippen LogP contribution in [0.1, 0.15) is 53.6 Å². The van der Waals surface area contributed by atoms with Crippen molar-refractivity contribution in [3.05, 3.63) is 71.3 Å². The van der Waals surface area contributed by atoms with Gasteiger partial charge in [0.2, 0.25) is 5.91 Å². The molecular formula is C25H31ClN2O3. The number of carbonyl (C=O) groups is 2. The van der Waals surface area contributed by atoms with Gasteiger partial charge in [0.15, 0.2) is 0 Å². The summed E-state index contributed by atoms with van der Waals surface area (Å²) < 4.78 is 0. The molecule has 2 aliphatic rings. The van der Waals surface area contributed by atoms with E-state index in [2.05, 4.69) is 49.3 Å². The molecule has 4 rings (SSSR count). The minimum Gasteiger partial charge on any atom is -0.478 e. The van der Waals surface area contributed by atoms with Crippen LogP contribution in [0.3, 0.4) is 0 Å². The maximum atomic E-state index is 12.9. The van der Waals surface area contributed by atoms with Crippen molar-refractivity contribution in [2.45, 2.75) is 44.2 Å². The molecule has 31 heavy (non-hydrogen) atoms. The van der Waals surface area contributed by atoms with E-state index in [0.717, 1.165) is 32.2 Å². The van der Waals surface area contributed by atoms with Gasteiger partial charge in [-0.15, -0.1) is 12.4 Å². The third kappa shape index (κ3) is 4.35. The van der Waals surface area contributed by atoms with Crippen LogP contribution in [0.15, 0.2) is 54.6 Å². The Morgan fingerprint density at radius 1 is 1.00 bits per heavy atom. The Balaban J connectivity index is 0.00000272. The Bertz CT molecular complexity index is 937. The lowest BCUT2D eigenvalue weighted by molar-refractivity contribution is -0.128. The average molecular weight is 443 g/mol. The Morgan fingerprint density at radius 2 is 1.61 bits per heavy atom. The summed E-state index contributed by atoms with van der Waals surface area (Å²) in [5, 5.41) is 9.46. The van der Waals surface area contributed by atoms with Gasteiger partial charge in [-0.1, -0.05) is 48.5 Å². The molecular weight excluding hydrogens is 412 g/mol. The van der Waals surface area contributed by atoms with E-state index in [1.54, 1.807) is 12.1 Å². The number of carboxylic acid groups (broad SMARTS) is 1. The van der Waals surface area contributed by atoms with Crippen molar-refractivity contribution in [2.75, 3.05) is 20.6 Å². The average Bonchev–Trinajstić information content (AvgIpc) is 3.04. The van der Waals surface area contributed by atoms with Crippen LogP contribution in [0.2, 0.25) is 0 Å². The van der Waals surface area contributed by atoms with Gasteiger partial charge in [-0.3, -0.25) is 9.69 Å². The molecule has 1 N–H and O–H groups in total. The van der Waals surface area contributed by atoms with E-state index in [-0.39, 0.29) is 34.8 Å². The minimum absolute atomic E-state index is 0. The van der Waals surface area contributed by atoms with E-state index < -0.39 is 5.97 Å². The highest BCUT2D eigenvalue weighted by Gasteiger charge is 2.50. The van der Waals surface area contributed by atoms with E-state index in [1.807, 2.05) is 17.0 Å². The van der Waals surface area contributed by atoms with Crippen molar-refractivity contribution in [3.8, 4) is 0 Å². The minimum atomic E-state index is -0.941. The topological polar surface area (TPSA) is 60.9 Å². The van der Waals surface area contributed by atoms with Gasteiger partial charge in [-0.2, -0.15) is 0 Å². The molecule has 0 atom stereocenters. The maximum absolute atomic E-state index is 12.9. The number of aromatic carboxylic acids is 1. The smallest absolute Gasteiger partial charge is 0.336 e. The van der Waals surface area contributed by atoms with Crippen LogP contribution in [-0.4, -0.2) is 47.4 Å². The Kier molecular flexibility index (Phi) is 6.77. The van der Waals surface area contributed by atoms with Crippen molar-refractivity contribution in [2.24, 2.45) is 5.41 Å². The van der Waals surface area contributed by atoms with Crippen molar-refractivity contribution in [3.63, 3.8) is 0 Å². The summed E-state index contributed by atoms with van der Waals surface area (Å²) >= 11 is 0. The number of rotatable bonds is 5. The summed E-state index contributed by atoms with van der Waals surface area (Å²) in [6.45, 7) is 1.10. The number of nitrogens with zero attached hydrogens (tertiary/aromatic N) is 2. The van der Waals surface area contributed by atoms with Crippen molar-refractivity contribution < 1.29 is 14.7 Å². The molecule has 1 aliphatic heterocycles. The molecule has 6 heteroatoms. The van der Waals surface area contributed by atoms with E-state index in [1.165, 1.54) is 5.56 Å². The number of halogens is 1. The summed E-state index contributed by atoms with van der Waals surface area (Å²) in [6, 6.07) is 17.7. The first-order valence-corrected chi connectivity index (χ1v) is 10.7. The fourth-order valence-electron chi connectivity index (χ4n) is 5.47. The normalized spacial score (nSPS) is 25.6. The third-order valence-corrected chi connectivity index (χ3v) is 7.32. The van der Waals surface area contributed by atoms with Gasteiger partial charge in [0.1, 0.15) is 0 Å². The maximum Gasteiger partial charge on any atom is 0.336 e.